The Morgan fingerprint density at radius 3 is 2.92 bits per heavy atom. The van der Waals surface area contributed by atoms with Crippen LogP contribution in [-0.4, -0.2) is 30.4 Å². The predicted octanol–water partition coefficient (Wildman–Crippen LogP) is 3.30. The van der Waals surface area contributed by atoms with Crippen molar-refractivity contribution in [1.82, 2.24) is 9.55 Å². The molecule has 0 saturated heterocycles. The summed E-state index contributed by atoms with van der Waals surface area (Å²) in [6.07, 6.45) is 6.32. The van der Waals surface area contributed by atoms with Crippen LogP contribution in [0, 0.1) is 12.3 Å². The first-order valence-electron chi connectivity index (χ1n) is 8.83. The monoisotopic (exact) mass is 479 g/mol. The number of halogens is 1. The van der Waals surface area contributed by atoms with Gasteiger partial charge in [-0.15, -0.1) is 0 Å². The maximum atomic E-state index is 11.8. The Bertz CT molecular complexity index is 821. The number of fused-ring (bicyclic) bond motifs is 1. The van der Waals surface area contributed by atoms with Crippen molar-refractivity contribution < 1.29 is 4.79 Å². The number of rotatable bonds is 7. The second-order valence-corrected chi connectivity index (χ2v) is 10.6. The second kappa shape index (κ2) is 8.01. The average molecular weight is 479 g/mol. The van der Waals surface area contributed by atoms with E-state index in [0.29, 0.717) is 29.5 Å². The van der Waals surface area contributed by atoms with Gasteiger partial charge in [0.2, 0.25) is 6.41 Å². The molecule has 1 amide bonds. The molecule has 1 aliphatic carbocycles. The molecule has 1 unspecified atom stereocenters. The minimum atomic E-state index is 0.328. The first-order valence-corrected chi connectivity index (χ1v) is 13.1. The zero-order valence-electron chi connectivity index (χ0n) is 15.6. The summed E-state index contributed by atoms with van der Waals surface area (Å²) in [5, 5.41) is 0. The summed E-state index contributed by atoms with van der Waals surface area (Å²) < 4.78 is 2.37. The van der Waals surface area contributed by atoms with Crippen molar-refractivity contribution in [2.45, 2.75) is 46.3 Å². The molecule has 0 saturated carbocycles. The van der Waals surface area contributed by atoms with E-state index < -0.39 is 0 Å². The quantitative estimate of drug-likeness (QED) is 0.265. The largest absolute Gasteiger partial charge is 0.347 e. The topological polar surface area (TPSA) is 38.1 Å². The summed E-state index contributed by atoms with van der Waals surface area (Å²) in [5.41, 5.74) is 6.17. The first-order chi connectivity index (χ1) is 12.4. The number of pyridine rings is 1. The van der Waals surface area contributed by atoms with Gasteiger partial charge in [-0.2, -0.15) is 0 Å². The molecule has 0 bridgehead atoms. The molecule has 2 aromatic rings. The highest BCUT2D eigenvalue weighted by Gasteiger charge is 2.31. The van der Waals surface area contributed by atoms with Crippen molar-refractivity contribution in [2.75, 3.05) is 11.4 Å². The van der Waals surface area contributed by atoms with Crippen LogP contribution < -0.4 is 10.4 Å². The highest BCUT2D eigenvalue weighted by Crippen LogP contribution is 2.38. The molecule has 136 valence electrons. The lowest BCUT2D eigenvalue weighted by Crippen LogP contribution is -2.30. The smallest absolute Gasteiger partial charge is 0.215 e. The van der Waals surface area contributed by atoms with E-state index in [1.54, 1.807) is 11.1 Å². The molecule has 7 heteroatoms. The van der Waals surface area contributed by atoms with Crippen LogP contribution in [0.1, 0.15) is 36.4 Å². The van der Waals surface area contributed by atoms with E-state index in [1.807, 2.05) is 6.07 Å². The summed E-state index contributed by atoms with van der Waals surface area (Å²) in [4.78, 5) is 17.9. The van der Waals surface area contributed by atoms with Crippen LogP contribution in [0.25, 0.3) is 0 Å². The number of amides is 1. The molecule has 0 aliphatic heterocycles. The predicted molar refractivity (Wildman–Crippen MR) is 119 cm³/mol. The van der Waals surface area contributed by atoms with Gasteiger partial charge in [-0.05, 0) is 42.4 Å². The molecule has 1 aliphatic rings. The van der Waals surface area contributed by atoms with E-state index in [4.69, 9.17) is 7.85 Å². The van der Waals surface area contributed by atoms with E-state index in [0.717, 1.165) is 37.5 Å². The molecule has 4 nitrogen and oxygen atoms in total. The van der Waals surface area contributed by atoms with Crippen molar-refractivity contribution in [3.8, 4) is 0 Å². The SMILES string of the molecule is [B]c1ccnc(N(C=O)CCn2c(C)cc3c2CC(C)(C)C3)c1CPI. The van der Waals surface area contributed by atoms with Gasteiger partial charge in [-0.1, -0.05) is 53.6 Å². The summed E-state index contributed by atoms with van der Waals surface area (Å²) in [6, 6.07) is 4.11. The molecule has 3 rings (SSSR count). The van der Waals surface area contributed by atoms with E-state index in [-0.39, 0.29) is 0 Å². The Morgan fingerprint density at radius 1 is 1.46 bits per heavy atom. The van der Waals surface area contributed by atoms with Crippen LogP contribution in [0.3, 0.4) is 0 Å². The Balaban J connectivity index is 1.82. The highest BCUT2D eigenvalue weighted by molar-refractivity contribution is 14.2. The molecule has 0 aromatic carbocycles. The Morgan fingerprint density at radius 2 is 2.23 bits per heavy atom. The van der Waals surface area contributed by atoms with Gasteiger partial charge in [0, 0.05) is 36.8 Å². The molecular formula is C19H24BIN3OP. The van der Waals surface area contributed by atoms with Gasteiger partial charge < -0.3 is 4.57 Å². The molecule has 0 fully saturated rings. The fourth-order valence-corrected chi connectivity index (χ4v) is 5.55. The third-order valence-electron chi connectivity index (χ3n) is 5.10. The maximum absolute atomic E-state index is 11.8. The number of hydrogen-bond donors (Lipinski definition) is 0. The molecule has 0 N–H and O–H groups in total. The molecule has 2 radical (unpaired) electrons. The second-order valence-electron chi connectivity index (χ2n) is 7.74. The molecular weight excluding hydrogens is 455 g/mol. The van der Waals surface area contributed by atoms with Crippen LogP contribution in [0.4, 0.5) is 5.82 Å². The lowest BCUT2D eigenvalue weighted by atomic mass is 9.90. The summed E-state index contributed by atoms with van der Waals surface area (Å²) in [5.74, 6) is 0.700. The summed E-state index contributed by atoms with van der Waals surface area (Å²) in [7, 11) is 6.13. The highest BCUT2D eigenvalue weighted by atomic mass is 127. The van der Waals surface area contributed by atoms with Crippen LogP contribution in [0.15, 0.2) is 18.3 Å². The minimum absolute atomic E-state index is 0.328. The number of carbonyl (C=O) groups is 1. The van der Waals surface area contributed by atoms with E-state index in [9.17, 15) is 4.79 Å². The van der Waals surface area contributed by atoms with Crippen LogP contribution in [-0.2, 0) is 30.3 Å². The average Bonchev–Trinajstić information content (AvgIpc) is 3.02. The van der Waals surface area contributed by atoms with Crippen LogP contribution in [0.2, 0.25) is 0 Å². The van der Waals surface area contributed by atoms with E-state index in [2.05, 4.69) is 58.4 Å². The summed E-state index contributed by atoms with van der Waals surface area (Å²) >= 11 is 2.35. The fourth-order valence-electron chi connectivity index (χ4n) is 3.91. The van der Waals surface area contributed by atoms with Gasteiger partial charge in [0.15, 0.2) is 0 Å². The lowest BCUT2D eigenvalue weighted by molar-refractivity contribution is -0.107. The number of hydrogen-bond acceptors (Lipinski definition) is 2. The molecule has 0 spiro atoms. The van der Waals surface area contributed by atoms with Gasteiger partial charge in [-0.25, -0.2) is 4.98 Å². The Kier molecular flexibility index (Phi) is 6.13. The molecule has 26 heavy (non-hydrogen) atoms. The number of anilines is 1. The van der Waals surface area contributed by atoms with Crippen molar-refractivity contribution >= 4 is 53.8 Å². The van der Waals surface area contributed by atoms with Crippen LogP contribution in [0.5, 0.6) is 0 Å². The lowest BCUT2D eigenvalue weighted by Gasteiger charge is -2.23. The van der Waals surface area contributed by atoms with Gasteiger partial charge in [0.1, 0.15) is 13.7 Å². The van der Waals surface area contributed by atoms with Crippen molar-refractivity contribution in [3.05, 3.63) is 40.8 Å². The van der Waals surface area contributed by atoms with Gasteiger partial charge in [0.05, 0.1) is 0 Å². The third-order valence-corrected chi connectivity index (χ3v) is 6.73. The van der Waals surface area contributed by atoms with Crippen molar-refractivity contribution in [3.63, 3.8) is 0 Å². The number of carbonyl (C=O) groups excluding carboxylic acids is 1. The van der Waals surface area contributed by atoms with E-state index >= 15 is 0 Å². The van der Waals surface area contributed by atoms with Gasteiger partial charge >= 0.3 is 0 Å². The van der Waals surface area contributed by atoms with Gasteiger partial charge in [0.25, 0.3) is 0 Å². The molecule has 1 atom stereocenters. The Hall–Kier alpha value is -0.875. The minimum Gasteiger partial charge on any atom is -0.347 e. The zero-order chi connectivity index (χ0) is 18.9. The maximum Gasteiger partial charge on any atom is 0.215 e. The molecule has 2 heterocycles. The number of nitrogens with zero attached hydrogens (tertiary/aromatic N) is 3. The van der Waals surface area contributed by atoms with Crippen LogP contribution >= 0.6 is 28.3 Å². The van der Waals surface area contributed by atoms with Crippen molar-refractivity contribution in [2.24, 2.45) is 5.41 Å². The summed E-state index contributed by atoms with van der Waals surface area (Å²) in [6.45, 7) is 8.16. The van der Waals surface area contributed by atoms with Crippen molar-refractivity contribution in [1.29, 1.82) is 0 Å². The first kappa shape index (κ1) is 19.9. The zero-order valence-corrected chi connectivity index (χ0v) is 18.7. The Labute approximate surface area is 171 Å². The fraction of sp³-hybridized carbons (Fsp3) is 0.474. The number of aromatic nitrogens is 2. The van der Waals surface area contributed by atoms with E-state index in [1.165, 1.54) is 17.0 Å². The standard InChI is InChI=1S/C19H24BIN3OP/c1-13-8-14-9-19(2,3)10-17(14)24(13)7-6-23(12-25)18-15(11-26-21)16(20)4-5-22-18/h4-5,8,12,26H,6-7,9-11H2,1-3H3. The normalized spacial score (nSPS) is 15.5. The van der Waals surface area contributed by atoms with Gasteiger partial charge in [-0.3, -0.25) is 9.69 Å². The number of aryl methyl sites for hydroxylation is 1. The molecule has 2 aromatic heterocycles. The third kappa shape index (κ3) is 4.01.